The Morgan fingerprint density at radius 3 is 2.72 bits per heavy atom. The molecule has 0 aliphatic carbocycles. The Bertz CT molecular complexity index is 391. The first-order valence-corrected chi connectivity index (χ1v) is 6.34. The normalized spacial score (nSPS) is 10.2. The van der Waals surface area contributed by atoms with E-state index in [0.29, 0.717) is 13.1 Å². The van der Waals surface area contributed by atoms with Crippen LogP contribution in [0.2, 0.25) is 0 Å². The maximum atomic E-state index is 11.5. The first-order valence-electron chi connectivity index (χ1n) is 6.34. The molecule has 100 valence electrons. The zero-order valence-electron chi connectivity index (χ0n) is 11.4. The van der Waals surface area contributed by atoms with Crippen molar-refractivity contribution in [1.29, 1.82) is 0 Å². The van der Waals surface area contributed by atoms with Gasteiger partial charge in [-0.1, -0.05) is 26.0 Å². The number of aryl methyl sites for hydroxylation is 1. The minimum absolute atomic E-state index is 0.0192. The molecule has 2 N–H and O–H groups in total. The van der Waals surface area contributed by atoms with Crippen LogP contribution in [0.5, 0.6) is 5.75 Å². The van der Waals surface area contributed by atoms with Crippen LogP contribution < -0.4 is 15.4 Å². The monoisotopic (exact) mass is 250 g/mol. The largest absolute Gasteiger partial charge is 0.496 e. The predicted octanol–water partition coefficient (Wildman–Crippen LogP) is 1.48. The zero-order valence-corrected chi connectivity index (χ0v) is 11.4. The summed E-state index contributed by atoms with van der Waals surface area (Å²) in [6.45, 7) is 5.79. The molecule has 0 atom stereocenters. The van der Waals surface area contributed by atoms with Crippen molar-refractivity contribution in [2.24, 2.45) is 0 Å². The third-order valence-corrected chi connectivity index (χ3v) is 2.75. The second-order valence-corrected chi connectivity index (χ2v) is 4.06. The standard InChI is InChI=1S/C14H22N2O2/c1-4-12-8-11(6-7-13(12)18-3)9-16-14(17)10-15-5-2/h6-8,15H,4-5,9-10H2,1-3H3,(H,16,17). The van der Waals surface area contributed by atoms with Gasteiger partial charge in [-0.3, -0.25) is 4.79 Å². The number of rotatable bonds is 7. The molecule has 1 amide bonds. The van der Waals surface area contributed by atoms with Gasteiger partial charge in [-0.15, -0.1) is 0 Å². The maximum Gasteiger partial charge on any atom is 0.234 e. The average molecular weight is 250 g/mol. The summed E-state index contributed by atoms with van der Waals surface area (Å²) in [7, 11) is 1.67. The first kappa shape index (κ1) is 14.5. The van der Waals surface area contributed by atoms with Crippen LogP contribution in [0.15, 0.2) is 18.2 Å². The number of carbonyl (C=O) groups excluding carboxylic acids is 1. The third kappa shape index (κ3) is 4.37. The van der Waals surface area contributed by atoms with E-state index in [2.05, 4.69) is 23.6 Å². The minimum atomic E-state index is 0.0192. The van der Waals surface area contributed by atoms with Gasteiger partial charge in [0.25, 0.3) is 0 Å². The topological polar surface area (TPSA) is 50.4 Å². The summed E-state index contributed by atoms with van der Waals surface area (Å²) in [6.07, 6.45) is 0.919. The number of hydrogen-bond acceptors (Lipinski definition) is 3. The molecule has 0 saturated heterocycles. The molecule has 0 bridgehead atoms. The SMILES string of the molecule is CCNCC(=O)NCc1ccc(OC)c(CC)c1. The van der Waals surface area contributed by atoms with E-state index in [-0.39, 0.29) is 5.91 Å². The number of benzene rings is 1. The van der Waals surface area contributed by atoms with Crippen molar-refractivity contribution in [2.45, 2.75) is 26.8 Å². The molecule has 1 aromatic carbocycles. The Morgan fingerprint density at radius 1 is 1.33 bits per heavy atom. The lowest BCUT2D eigenvalue weighted by Crippen LogP contribution is -2.33. The molecule has 0 aliphatic heterocycles. The average Bonchev–Trinajstić information content (AvgIpc) is 2.42. The van der Waals surface area contributed by atoms with E-state index in [4.69, 9.17) is 4.74 Å². The second kappa shape index (κ2) is 7.71. The third-order valence-electron chi connectivity index (χ3n) is 2.75. The number of nitrogens with one attached hydrogen (secondary N) is 2. The molecule has 0 aliphatic rings. The van der Waals surface area contributed by atoms with Gasteiger partial charge >= 0.3 is 0 Å². The quantitative estimate of drug-likeness (QED) is 0.770. The lowest BCUT2D eigenvalue weighted by molar-refractivity contribution is -0.120. The van der Waals surface area contributed by atoms with Gasteiger partial charge in [0, 0.05) is 6.54 Å². The lowest BCUT2D eigenvalue weighted by atomic mass is 10.1. The number of likely N-dealkylation sites (N-methyl/N-ethyl adjacent to an activating group) is 1. The van der Waals surface area contributed by atoms with Gasteiger partial charge in [0.05, 0.1) is 13.7 Å². The number of ether oxygens (including phenoxy) is 1. The summed E-state index contributed by atoms with van der Waals surface area (Å²) >= 11 is 0. The fourth-order valence-electron chi connectivity index (χ4n) is 1.72. The molecule has 0 saturated carbocycles. The van der Waals surface area contributed by atoms with Crippen molar-refractivity contribution >= 4 is 5.91 Å². The molecule has 1 aromatic rings. The zero-order chi connectivity index (χ0) is 13.4. The molecule has 0 unspecified atom stereocenters. The summed E-state index contributed by atoms with van der Waals surface area (Å²) < 4.78 is 5.27. The molecule has 0 fully saturated rings. The van der Waals surface area contributed by atoms with Gasteiger partial charge in [0.1, 0.15) is 5.75 Å². The first-order chi connectivity index (χ1) is 8.71. The van der Waals surface area contributed by atoms with Gasteiger partial charge in [-0.2, -0.15) is 0 Å². The number of methoxy groups -OCH3 is 1. The highest BCUT2D eigenvalue weighted by Gasteiger charge is 2.04. The molecule has 0 radical (unpaired) electrons. The van der Waals surface area contributed by atoms with E-state index in [1.54, 1.807) is 7.11 Å². The number of carbonyl (C=O) groups is 1. The van der Waals surface area contributed by atoms with Crippen LogP contribution >= 0.6 is 0 Å². The fraction of sp³-hybridized carbons (Fsp3) is 0.500. The molecule has 18 heavy (non-hydrogen) atoms. The molecular weight excluding hydrogens is 228 g/mol. The molecule has 4 heteroatoms. The van der Waals surface area contributed by atoms with E-state index < -0.39 is 0 Å². The van der Waals surface area contributed by atoms with Gasteiger partial charge in [0.15, 0.2) is 0 Å². The van der Waals surface area contributed by atoms with Crippen LogP contribution in [-0.4, -0.2) is 26.1 Å². The molecule has 0 heterocycles. The molecule has 0 spiro atoms. The van der Waals surface area contributed by atoms with E-state index >= 15 is 0 Å². The Kier molecular flexibility index (Phi) is 6.22. The Hall–Kier alpha value is -1.55. The molecule has 1 rings (SSSR count). The van der Waals surface area contributed by atoms with Crippen LogP contribution in [0.3, 0.4) is 0 Å². The Morgan fingerprint density at radius 2 is 2.11 bits per heavy atom. The van der Waals surface area contributed by atoms with Crippen molar-refractivity contribution in [3.63, 3.8) is 0 Å². The molecule has 4 nitrogen and oxygen atoms in total. The summed E-state index contributed by atoms with van der Waals surface area (Å²) in [5.74, 6) is 0.922. The highest BCUT2D eigenvalue weighted by Crippen LogP contribution is 2.20. The number of hydrogen-bond donors (Lipinski definition) is 2. The van der Waals surface area contributed by atoms with Crippen molar-refractivity contribution in [3.8, 4) is 5.75 Å². The summed E-state index contributed by atoms with van der Waals surface area (Å²) in [5, 5.41) is 5.87. The van der Waals surface area contributed by atoms with Crippen molar-refractivity contribution in [3.05, 3.63) is 29.3 Å². The van der Waals surface area contributed by atoms with Crippen molar-refractivity contribution in [2.75, 3.05) is 20.2 Å². The van der Waals surface area contributed by atoms with Gasteiger partial charge in [-0.05, 0) is 30.2 Å². The van der Waals surface area contributed by atoms with Crippen LogP contribution in [0.25, 0.3) is 0 Å². The van der Waals surface area contributed by atoms with E-state index in [1.165, 1.54) is 0 Å². The summed E-state index contributed by atoms with van der Waals surface area (Å²) in [5.41, 5.74) is 2.26. The lowest BCUT2D eigenvalue weighted by Gasteiger charge is -2.10. The molecule has 0 aromatic heterocycles. The highest BCUT2D eigenvalue weighted by molar-refractivity contribution is 5.77. The smallest absolute Gasteiger partial charge is 0.234 e. The summed E-state index contributed by atoms with van der Waals surface area (Å²) in [6, 6.07) is 6.00. The van der Waals surface area contributed by atoms with Gasteiger partial charge < -0.3 is 15.4 Å². The van der Waals surface area contributed by atoms with Crippen LogP contribution in [0.4, 0.5) is 0 Å². The predicted molar refractivity (Wildman–Crippen MR) is 72.8 cm³/mol. The number of amides is 1. The minimum Gasteiger partial charge on any atom is -0.496 e. The fourth-order valence-corrected chi connectivity index (χ4v) is 1.72. The van der Waals surface area contributed by atoms with Crippen LogP contribution in [-0.2, 0) is 17.8 Å². The van der Waals surface area contributed by atoms with Gasteiger partial charge in [0.2, 0.25) is 5.91 Å². The van der Waals surface area contributed by atoms with Crippen LogP contribution in [0.1, 0.15) is 25.0 Å². The second-order valence-electron chi connectivity index (χ2n) is 4.06. The van der Waals surface area contributed by atoms with Crippen molar-refractivity contribution in [1.82, 2.24) is 10.6 Å². The molecular formula is C14H22N2O2. The Labute approximate surface area is 109 Å². The highest BCUT2D eigenvalue weighted by atomic mass is 16.5. The van der Waals surface area contributed by atoms with Crippen LogP contribution in [0, 0.1) is 0 Å². The van der Waals surface area contributed by atoms with E-state index in [9.17, 15) is 4.79 Å². The maximum absolute atomic E-state index is 11.5. The van der Waals surface area contributed by atoms with E-state index in [1.807, 2.05) is 19.1 Å². The van der Waals surface area contributed by atoms with Gasteiger partial charge in [-0.25, -0.2) is 0 Å². The summed E-state index contributed by atoms with van der Waals surface area (Å²) in [4.78, 5) is 11.5. The Balaban J connectivity index is 2.55. The van der Waals surface area contributed by atoms with E-state index in [0.717, 1.165) is 29.8 Å². The van der Waals surface area contributed by atoms with Crippen molar-refractivity contribution < 1.29 is 9.53 Å².